The first kappa shape index (κ1) is 8.44. The summed E-state index contributed by atoms with van der Waals surface area (Å²) >= 11 is 0. The first-order valence-electron chi connectivity index (χ1n) is 3.02. The predicted octanol–water partition coefficient (Wildman–Crippen LogP) is 1.58. The van der Waals surface area contributed by atoms with Crippen LogP contribution >= 0.6 is 17.0 Å². The van der Waals surface area contributed by atoms with E-state index in [1.165, 1.54) is 13.0 Å². The molecule has 8 heavy (non-hydrogen) atoms. The van der Waals surface area contributed by atoms with Gasteiger partial charge in [0.25, 0.3) is 0 Å². The average molecular weight is 180 g/mol. The van der Waals surface area contributed by atoms with E-state index in [0.717, 1.165) is 12.0 Å². The molecule has 1 aliphatic rings. The molecule has 1 nitrogen and oxygen atoms in total. The third kappa shape index (κ3) is 2.14. The molecule has 1 rings (SSSR count). The van der Waals surface area contributed by atoms with Crippen LogP contribution < -0.4 is 5.32 Å². The fourth-order valence-corrected chi connectivity index (χ4v) is 1.17. The molecule has 0 amide bonds. The van der Waals surface area contributed by atoms with Crippen LogP contribution in [0.1, 0.15) is 20.3 Å². The molecule has 1 N–H and O–H groups in total. The molecule has 0 aliphatic carbocycles. The SMILES string of the molecule is Br.CC1CNC(C)C1. The Balaban J connectivity index is 0.000000490. The van der Waals surface area contributed by atoms with Gasteiger partial charge in [-0.05, 0) is 25.8 Å². The molecule has 2 heteroatoms. The molecule has 1 aliphatic heterocycles. The molecule has 0 aromatic heterocycles. The molecule has 0 bridgehead atoms. The maximum atomic E-state index is 3.37. The van der Waals surface area contributed by atoms with E-state index in [9.17, 15) is 0 Å². The van der Waals surface area contributed by atoms with Crippen molar-refractivity contribution in [2.45, 2.75) is 26.3 Å². The largest absolute Gasteiger partial charge is 0.314 e. The summed E-state index contributed by atoms with van der Waals surface area (Å²) in [6.07, 6.45) is 1.36. The van der Waals surface area contributed by atoms with Crippen LogP contribution in [-0.4, -0.2) is 12.6 Å². The molecule has 50 valence electrons. The predicted molar refractivity (Wildman–Crippen MR) is 41.6 cm³/mol. The van der Waals surface area contributed by atoms with Gasteiger partial charge in [-0.2, -0.15) is 0 Å². The van der Waals surface area contributed by atoms with Gasteiger partial charge in [-0.1, -0.05) is 6.92 Å². The topological polar surface area (TPSA) is 12.0 Å². The Kier molecular flexibility index (Phi) is 3.65. The molecule has 0 spiro atoms. The van der Waals surface area contributed by atoms with E-state index in [1.54, 1.807) is 0 Å². The Morgan fingerprint density at radius 1 is 1.38 bits per heavy atom. The van der Waals surface area contributed by atoms with Crippen molar-refractivity contribution in [3.8, 4) is 0 Å². The zero-order chi connectivity index (χ0) is 5.28. The lowest BCUT2D eigenvalue weighted by Crippen LogP contribution is -2.16. The monoisotopic (exact) mass is 179 g/mol. The molecule has 1 fully saturated rings. The summed E-state index contributed by atoms with van der Waals surface area (Å²) < 4.78 is 0. The molecular weight excluding hydrogens is 166 g/mol. The normalized spacial score (nSPS) is 36.8. The molecule has 2 unspecified atom stereocenters. The van der Waals surface area contributed by atoms with Crippen molar-refractivity contribution in [1.29, 1.82) is 0 Å². The van der Waals surface area contributed by atoms with Gasteiger partial charge in [0.15, 0.2) is 0 Å². The van der Waals surface area contributed by atoms with Gasteiger partial charge < -0.3 is 5.32 Å². The van der Waals surface area contributed by atoms with Crippen molar-refractivity contribution < 1.29 is 0 Å². The third-order valence-corrected chi connectivity index (χ3v) is 1.57. The highest BCUT2D eigenvalue weighted by Crippen LogP contribution is 2.10. The quantitative estimate of drug-likeness (QED) is 0.596. The van der Waals surface area contributed by atoms with Crippen molar-refractivity contribution in [1.82, 2.24) is 5.32 Å². The van der Waals surface area contributed by atoms with Crippen molar-refractivity contribution in [2.24, 2.45) is 5.92 Å². The lowest BCUT2D eigenvalue weighted by molar-refractivity contribution is 0.622. The standard InChI is InChI=1S/C6H13N.BrH/c1-5-3-6(2)7-4-5;/h5-7H,3-4H2,1-2H3;1H. The fourth-order valence-electron chi connectivity index (χ4n) is 1.17. The molecule has 1 saturated heterocycles. The van der Waals surface area contributed by atoms with Gasteiger partial charge in [-0.15, -0.1) is 17.0 Å². The summed E-state index contributed by atoms with van der Waals surface area (Å²) in [5.74, 6) is 0.912. The summed E-state index contributed by atoms with van der Waals surface area (Å²) in [6, 6.07) is 0.773. The van der Waals surface area contributed by atoms with Crippen LogP contribution in [0.4, 0.5) is 0 Å². The number of nitrogens with one attached hydrogen (secondary N) is 1. The van der Waals surface area contributed by atoms with E-state index >= 15 is 0 Å². The first-order chi connectivity index (χ1) is 3.29. The van der Waals surface area contributed by atoms with Gasteiger partial charge in [0, 0.05) is 6.04 Å². The molecule has 0 aromatic rings. The van der Waals surface area contributed by atoms with E-state index < -0.39 is 0 Å². The van der Waals surface area contributed by atoms with Gasteiger partial charge in [-0.3, -0.25) is 0 Å². The highest BCUT2D eigenvalue weighted by molar-refractivity contribution is 8.93. The number of halogens is 1. The minimum Gasteiger partial charge on any atom is -0.314 e. The van der Waals surface area contributed by atoms with E-state index in [1.807, 2.05) is 0 Å². The lowest BCUT2D eigenvalue weighted by atomic mass is 10.1. The fraction of sp³-hybridized carbons (Fsp3) is 1.00. The second-order valence-corrected chi connectivity index (χ2v) is 2.65. The molecule has 0 aromatic carbocycles. The number of hydrogen-bond donors (Lipinski definition) is 1. The molecule has 0 saturated carbocycles. The average Bonchev–Trinajstić information content (AvgIpc) is 1.87. The number of rotatable bonds is 0. The molecule has 2 atom stereocenters. The summed E-state index contributed by atoms with van der Waals surface area (Å²) in [5, 5.41) is 3.37. The minimum atomic E-state index is 0. The zero-order valence-electron chi connectivity index (χ0n) is 5.48. The highest BCUT2D eigenvalue weighted by Gasteiger charge is 2.14. The summed E-state index contributed by atoms with van der Waals surface area (Å²) in [5.41, 5.74) is 0. The van der Waals surface area contributed by atoms with Crippen molar-refractivity contribution >= 4 is 17.0 Å². The summed E-state index contributed by atoms with van der Waals surface area (Å²) in [4.78, 5) is 0. The van der Waals surface area contributed by atoms with Gasteiger partial charge in [-0.25, -0.2) is 0 Å². The Bertz CT molecular complexity index is 57.5. The molecule has 1 heterocycles. The van der Waals surface area contributed by atoms with Crippen LogP contribution in [0.5, 0.6) is 0 Å². The van der Waals surface area contributed by atoms with Crippen LogP contribution in [0.15, 0.2) is 0 Å². The second kappa shape index (κ2) is 3.46. The van der Waals surface area contributed by atoms with Crippen LogP contribution in [0, 0.1) is 5.92 Å². The smallest absolute Gasteiger partial charge is 0.00418 e. The third-order valence-electron chi connectivity index (χ3n) is 1.57. The van der Waals surface area contributed by atoms with Crippen molar-refractivity contribution in [3.63, 3.8) is 0 Å². The van der Waals surface area contributed by atoms with Crippen LogP contribution in [0.25, 0.3) is 0 Å². The lowest BCUT2D eigenvalue weighted by Gasteiger charge is -1.96. The maximum Gasteiger partial charge on any atom is 0.00418 e. The highest BCUT2D eigenvalue weighted by atomic mass is 79.9. The van der Waals surface area contributed by atoms with Gasteiger partial charge in [0.1, 0.15) is 0 Å². The van der Waals surface area contributed by atoms with E-state index in [2.05, 4.69) is 19.2 Å². The molecular formula is C6H14BrN. The van der Waals surface area contributed by atoms with E-state index in [4.69, 9.17) is 0 Å². The summed E-state index contributed by atoms with van der Waals surface area (Å²) in [6.45, 7) is 5.75. The Morgan fingerprint density at radius 2 is 2.00 bits per heavy atom. The van der Waals surface area contributed by atoms with Gasteiger partial charge in [0.05, 0.1) is 0 Å². The van der Waals surface area contributed by atoms with Crippen LogP contribution in [0.3, 0.4) is 0 Å². The summed E-state index contributed by atoms with van der Waals surface area (Å²) in [7, 11) is 0. The Hall–Kier alpha value is 0.440. The first-order valence-corrected chi connectivity index (χ1v) is 3.02. The van der Waals surface area contributed by atoms with E-state index in [-0.39, 0.29) is 17.0 Å². The minimum absolute atomic E-state index is 0. The Morgan fingerprint density at radius 3 is 2.12 bits per heavy atom. The maximum absolute atomic E-state index is 3.37. The van der Waals surface area contributed by atoms with Crippen molar-refractivity contribution in [2.75, 3.05) is 6.54 Å². The van der Waals surface area contributed by atoms with Gasteiger partial charge >= 0.3 is 0 Å². The second-order valence-electron chi connectivity index (χ2n) is 2.65. The van der Waals surface area contributed by atoms with Crippen LogP contribution in [0.2, 0.25) is 0 Å². The van der Waals surface area contributed by atoms with Crippen LogP contribution in [-0.2, 0) is 0 Å². The van der Waals surface area contributed by atoms with Crippen molar-refractivity contribution in [3.05, 3.63) is 0 Å². The zero-order valence-corrected chi connectivity index (χ0v) is 7.19. The van der Waals surface area contributed by atoms with Gasteiger partial charge in [0.2, 0.25) is 0 Å². The molecule has 0 radical (unpaired) electrons. The van der Waals surface area contributed by atoms with E-state index in [0.29, 0.717) is 0 Å². The Labute approximate surface area is 61.6 Å². The number of hydrogen-bond acceptors (Lipinski definition) is 1.